The molecule has 0 aliphatic carbocycles. The van der Waals surface area contributed by atoms with Crippen LogP contribution in [0.4, 0.5) is 0 Å². The van der Waals surface area contributed by atoms with E-state index in [0.29, 0.717) is 47.1 Å². The molecular weight excluding hydrogens is 285 g/mol. The van der Waals surface area contributed by atoms with Crippen molar-refractivity contribution in [1.29, 1.82) is 0 Å². The molecule has 0 aromatic rings. The molecule has 8 nitrogen and oxygen atoms in total. The third-order valence-electron chi connectivity index (χ3n) is 0.210. The van der Waals surface area contributed by atoms with Crippen LogP contribution in [0.1, 0.15) is 0 Å². The first-order valence-corrected chi connectivity index (χ1v) is 9.21. The number of rotatable bonds is 2. The molecule has 0 saturated carbocycles. The number of halogens is 1. The van der Waals surface area contributed by atoms with Gasteiger partial charge in [0.1, 0.15) is 0 Å². The first-order chi connectivity index (χ1) is 4.71. The van der Waals surface area contributed by atoms with Gasteiger partial charge in [-0.2, -0.15) is 0 Å². The van der Waals surface area contributed by atoms with Gasteiger partial charge in [0.25, 0.3) is 7.82 Å². The van der Waals surface area contributed by atoms with Gasteiger partial charge in [0.2, 0.25) is 0 Å². The maximum Gasteiger partial charge on any atom is 1.00 e. The summed E-state index contributed by atoms with van der Waals surface area (Å²) in [5.74, 6) is 0. The molecule has 0 saturated heterocycles. The van der Waals surface area contributed by atoms with Gasteiger partial charge in [-0.3, -0.25) is 4.57 Å². The second-order valence-corrected chi connectivity index (χ2v) is 3.61. The van der Waals surface area contributed by atoms with E-state index in [2.05, 4.69) is 4.31 Å². The second-order valence-electron chi connectivity index (χ2n) is 1.04. The summed E-state index contributed by atoms with van der Waals surface area (Å²) in [6.07, 6.45) is 0. The van der Waals surface area contributed by atoms with E-state index in [1.165, 1.54) is 0 Å². The maximum atomic E-state index is 9.59. The Labute approximate surface area is 133 Å². The zero-order valence-corrected chi connectivity index (χ0v) is 14.6. The summed E-state index contributed by atoms with van der Waals surface area (Å²) < 4.78 is 26.8. The molecule has 0 aliphatic rings. The summed E-state index contributed by atoms with van der Waals surface area (Å²) in [5, 5.41) is 0. The van der Waals surface area contributed by atoms with E-state index >= 15 is 0 Å². The maximum absolute atomic E-state index is 9.59. The molecular formula is H6ClKNNaO7P2. The normalized spacial score (nSPS) is 13.8. The van der Waals surface area contributed by atoms with Gasteiger partial charge in [-0.1, -0.05) is 0 Å². The van der Waals surface area contributed by atoms with E-state index in [1.807, 2.05) is 0 Å². The largest absolute Gasteiger partial charge is 1.00 e. The Morgan fingerprint density at radius 1 is 1.23 bits per heavy atom. The van der Waals surface area contributed by atoms with E-state index in [9.17, 15) is 14.0 Å². The molecule has 72 valence electrons. The summed E-state index contributed by atoms with van der Waals surface area (Å²) in [6, 6.07) is 0. The minimum Gasteiger partial charge on any atom is 1.00 e. The minimum absolute atomic E-state index is 0. The van der Waals surface area contributed by atoms with Gasteiger partial charge in [0.15, 0.2) is 0 Å². The van der Waals surface area contributed by atoms with Crippen LogP contribution in [0.25, 0.3) is 0 Å². The molecule has 0 radical (unpaired) electrons. The van der Waals surface area contributed by atoms with E-state index in [4.69, 9.17) is 18.4 Å². The Morgan fingerprint density at radius 3 is 1.46 bits per heavy atom. The third-order valence-corrected chi connectivity index (χ3v) is 1.89. The first-order valence-electron chi connectivity index (χ1n) is 1.89. The van der Waals surface area contributed by atoms with E-state index < -0.39 is 15.6 Å². The quantitative estimate of drug-likeness (QED) is 0.296. The Hall–Kier alpha value is 3.15. The van der Waals surface area contributed by atoms with Gasteiger partial charge in [0.05, 0.1) is 0 Å². The number of hydrogen-bond donors (Lipinski definition) is 4. The van der Waals surface area contributed by atoms with E-state index in [-0.39, 0.29) is 35.7 Å². The fourth-order valence-electron chi connectivity index (χ4n) is 0.134. The van der Waals surface area contributed by atoms with Gasteiger partial charge in [-0.15, -0.1) is 0 Å². The van der Waals surface area contributed by atoms with Crippen molar-refractivity contribution in [2.45, 2.75) is 0 Å². The zero-order chi connectivity index (χ0) is 9.71. The van der Waals surface area contributed by atoms with Crippen molar-refractivity contribution in [2.24, 2.45) is 0 Å². The van der Waals surface area contributed by atoms with Crippen molar-refractivity contribution in [3.63, 3.8) is 0 Å². The average Bonchev–Trinajstić information content (AvgIpc) is 1.60. The van der Waals surface area contributed by atoms with Gasteiger partial charge in [0, 0.05) is 0 Å². The monoisotopic (exact) mass is 291 g/mol. The van der Waals surface area contributed by atoms with Crippen molar-refractivity contribution in [2.75, 3.05) is 0 Å². The van der Waals surface area contributed by atoms with Crippen molar-refractivity contribution >= 4 is 66.5 Å². The third kappa shape index (κ3) is 31.3. The molecule has 0 fully saturated rings. The van der Waals surface area contributed by atoms with Crippen molar-refractivity contribution in [1.82, 2.24) is 6.15 Å². The van der Waals surface area contributed by atoms with Crippen LogP contribution in [-0.4, -0.2) is 61.8 Å². The molecule has 0 rings (SSSR count). The standard InChI is InChI=1S/ClH.K.H3N.Na.H4O7P2/c;;;;1-8(2,3)7-9(4,5)6/h1H;;1H3;;(H2,1,2,3)(H2,4,5,6)/q;+1;;+1;/p-2. The molecule has 0 spiro atoms. The fraction of sp³-hybridized carbons (Fsp3) is 0. The summed E-state index contributed by atoms with van der Waals surface area (Å²) in [5.41, 5.74) is 0. The van der Waals surface area contributed by atoms with Crippen LogP contribution < -0.4 is 40.6 Å². The first kappa shape index (κ1) is 25.1. The van der Waals surface area contributed by atoms with Crippen molar-refractivity contribution in [3.05, 3.63) is 0 Å². The minimum atomic E-state index is -5.30. The van der Waals surface area contributed by atoms with Crippen LogP contribution in [0, 0.1) is 0 Å². The predicted octanol–water partition coefficient (Wildman–Crippen LogP) is -3.97. The van der Waals surface area contributed by atoms with Gasteiger partial charge >= 0.3 is 88.3 Å². The van der Waals surface area contributed by atoms with Gasteiger partial charge in [-0.25, -0.2) is 8.88 Å². The molecule has 1 atom stereocenters. The Kier molecular flexibility index (Phi) is 22.5. The predicted molar refractivity (Wildman–Crippen MR) is 39.6 cm³/mol. The summed E-state index contributed by atoms with van der Waals surface area (Å²) in [4.78, 5) is 32.6. The molecule has 0 bridgehead atoms. The van der Waals surface area contributed by atoms with Crippen LogP contribution in [0.5, 0.6) is 0 Å². The molecule has 1 unspecified atom stereocenters. The molecule has 0 heterocycles. The smallest absolute Gasteiger partial charge is 1.00 e. The van der Waals surface area contributed by atoms with Crippen LogP contribution in [0.2, 0.25) is 0 Å². The average molecular weight is 292 g/mol. The molecule has 6 N–H and O–H groups in total. The molecule has 0 aromatic heterocycles. The number of phosphoric acid groups is 2. The number of hydrogen-bond acceptors (Lipinski definition) is 5. The Morgan fingerprint density at radius 2 is 1.46 bits per heavy atom. The van der Waals surface area contributed by atoms with E-state index in [1.54, 1.807) is 0 Å². The van der Waals surface area contributed by atoms with Crippen LogP contribution >= 0.6 is 19.4 Å². The van der Waals surface area contributed by atoms with E-state index in [0.717, 1.165) is 0 Å². The SMILES string of the molecule is N.O=P([O-])(O)OP(=O)(O)O.[Cl][K].[Na+]. The second kappa shape index (κ2) is 11.6. The topological polar surface area (TPSA) is 162 Å². The molecule has 0 aliphatic heterocycles. The zero-order valence-electron chi connectivity index (χ0n) is 6.95. The molecule has 13 heteroatoms. The molecule has 0 aromatic carbocycles. The van der Waals surface area contributed by atoms with Crippen LogP contribution in [0.15, 0.2) is 0 Å². The Balaban J connectivity index is -0.0000000941. The molecule has 0 amide bonds. The van der Waals surface area contributed by atoms with Gasteiger partial charge in [-0.05, 0) is 0 Å². The van der Waals surface area contributed by atoms with Crippen LogP contribution in [0.3, 0.4) is 0 Å². The van der Waals surface area contributed by atoms with Crippen molar-refractivity contribution < 1.29 is 62.6 Å². The summed E-state index contributed by atoms with van der Waals surface area (Å²) in [6.45, 7) is 0. The van der Waals surface area contributed by atoms with Crippen molar-refractivity contribution in [3.8, 4) is 0 Å². The van der Waals surface area contributed by atoms with Crippen LogP contribution in [-0.2, 0) is 13.4 Å². The fourth-order valence-corrected chi connectivity index (χ4v) is 1.21. The Bertz CT molecular complexity index is 167. The summed E-state index contributed by atoms with van der Waals surface area (Å²) in [7, 11) is -10.4. The summed E-state index contributed by atoms with van der Waals surface area (Å²) >= 11 is 0.535. The van der Waals surface area contributed by atoms with Gasteiger partial charge < -0.3 is 25.7 Å². The molecule has 13 heavy (non-hydrogen) atoms.